The molecule has 1 aromatic rings. The van der Waals surface area contributed by atoms with Gasteiger partial charge in [0.1, 0.15) is 6.54 Å². The third kappa shape index (κ3) is 1.62. The highest BCUT2D eigenvalue weighted by Gasteiger charge is 2.43. The lowest BCUT2D eigenvalue weighted by Gasteiger charge is -2.16. The molecule has 2 heteroatoms. The van der Waals surface area contributed by atoms with E-state index in [-0.39, 0.29) is 5.41 Å². The first-order valence-electron chi connectivity index (χ1n) is 5.90. The highest BCUT2D eigenvalue weighted by atomic mass is 127. The van der Waals surface area contributed by atoms with E-state index in [4.69, 9.17) is 0 Å². The summed E-state index contributed by atoms with van der Waals surface area (Å²) in [6.07, 6.45) is 1.19. The van der Waals surface area contributed by atoms with Crippen LogP contribution < -0.4 is 0 Å². The van der Waals surface area contributed by atoms with E-state index in [2.05, 4.69) is 73.1 Å². The second-order valence-corrected chi connectivity index (χ2v) is 6.16. The smallest absolute Gasteiger partial charge is 0.199 e. The second-order valence-electron chi connectivity index (χ2n) is 5.00. The van der Waals surface area contributed by atoms with Gasteiger partial charge in [-0.1, -0.05) is 13.0 Å². The molecule has 0 bridgehead atoms. The Morgan fingerprint density at radius 2 is 2.00 bits per heavy atom. The molecule has 0 aromatic heterocycles. The van der Waals surface area contributed by atoms with E-state index >= 15 is 0 Å². The maximum Gasteiger partial charge on any atom is 0.210 e. The van der Waals surface area contributed by atoms with Crippen molar-refractivity contribution in [1.29, 1.82) is 0 Å². The Hall–Kier alpha value is -0.380. The van der Waals surface area contributed by atoms with E-state index in [1.165, 1.54) is 27.0 Å². The van der Waals surface area contributed by atoms with Crippen LogP contribution >= 0.6 is 22.6 Å². The second kappa shape index (κ2) is 4.13. The van der Waals surface area contributed by atoms with Crippen molar-refractivity contribution in [1.82, 2.24) is 0 Å². The summed E-state index contributed by atoms with van der Waals surface area (Å²) in [6.45, 7) is 10.3. The van der Waals surface area contributed by atoms with Crippen molar-refractivity contribution in [2.75, 3.05) is 6.54 Å². The Labute approximate surface area is 112 Å². The van der Waals surface area contributed by atoms with Crippen LogP contribution in [0.4, 0.5) is 5.69 Å². The van der Waals surface area contributed by atoms with Gasteiger partial charge in [-0.05, 0) is 42.5 Å². The molecule has 1 aliphatic heterocycles. The van der Waals surface area contributed by atoms with Gasteiger partial charge in [-0.2, -0.15) is 4.58 Å². The largest absolute Gasteiger partial charge is 0.210 e. The summed E-state index contributed by atoms with van der Waals surface area (Å²) in [7, 11) is 0. The SMILES string of the molecule is CCC[N+]1=C(C)C(C)(C)c2c(I)cccc21. The standard InChI is InChI=1S/C14H19IN/c1-5-9-16-10(2)14(3,4)13-11(15)7-6-8-12(13)16/h6-8H,5,9H2,1-4H3/q+1. The Bertz CT molecular complexity index is 458. The minimum Gasteiger partial charge on any atom is -0.199 e. The third-order valence-electron chi connectivity index (χ3n) is 3.66. The Morgan fingerprint density at radius 3 is 2.62 bits per heavy atom. The number of halogens is 1. The molecule has 1 heterocycles. The molecule has 0 amide bonds. The monoisotopic (exact) mass is 328 g/mol. The Balaban J connectivity index is 2.67. The molecule has 0 radical (unpaired) electrons. The number of rotatable bonds is 2. The van der Waals surface area contributed by atoms with Crippen LogP contribution in [0.3, 0.4) is 0 Å². The van der Waals surface area contributed by atoms with Crippen LogP contribution in [0, 0.1) is 3.57 Å². The van der Waals surface area contributed by atoms with E-state index in [1.807, 2.05) is 0 Å². The van der Waals surface area contributed by atoms with Crippen LogP contribution in [-0.2, 0) is 5.41 Å². The van der Waals surface area contributed by atoms with Crippen LogP contribution in [-0.4, -0.2) is 16.8 Å². The first-order valence-corrected chi connectivity index (χ1v) is 6.98. The molecule has 2 rings (SSSR count). The van der Waals surface area contributed by atoms with Gasteiger partial charge in [0.2, 0.25) is 5.69 Å². The van der Waals surface area contributed by atoms with Gasteiger partial charge in [0, 0.05) is 23.0 Å². The number of benzene rings is 1. The maximum atomic E-state index is 2.48. The van der Waals surface area contributed by atoms with E-state index in [1.54, 1.807) is 0 Å². The van der Waals surface area contributed by atoms with Gasteiger partial charge < -0.3 is 0 Å². The normalized spacial score (nSPS) is 17.8. The van der Waals surface area contributed by atoms with Crippen LogP contribution in [0.15, 0.2) is 18.2 Å². The summed E-state index contributed by atoms with van der Waals surface area (Å²) in [4.78, 5) is 0. The quantitative estimate of drug-likeness (QED) is 0.568. The fourth-order valence-corrected chi connectivity index (χ4v) is 3.73. The maximum absolute atomic E-state index is 2.48. The highest BCUT2D eigenvalue weighted by Crippen LogP contribution is 2.41. The summed E-state index contributed by atoms with van der Waals surface area (Å²) in [5, 5.41) is 0. The zero-order chi connectivity index (χ0) is 11.9. The Morgan fingerprint density at radius 1 is 1.31 bits per heavy atom. The van der Waals surface area contributed by atoms with E-state index in [0.717, 1.165) is 6.54 Å². The Kier molecular flexibility index (Phi) is 3.12. The predicted octanol–water partition coefficient (Wildman–Crippen LogP) is 4.10. The van der Waals surface area contributed by atoms with Crippen LogP contribution in [0.5, 0.6) is 0 Å². The molecule has 1 aromatic carbocycles. The van der Waals surface area contributed by atoms with Crippen molar-refractivity contribution in [3.8, 4) is 0 Å². The van der Waals surface area contributed by atoms with Crippen molar-refractivity contribution in [2.24, 2.45) is 0 Å². The number of hydrogen-bond donors (Lipinski definition) is 0. The average molecular weight is 328 g/mol. The summed E-state index contributed by atoms with van der Waals surface area (Å²) in [5.41, 5.74) is 4.58. The molecule has 16 heavy (non-hydrogen) atoms. The third-order valence-corrected chi connectivity index (χ3v) is 4.56. The molecule has 0 unspecified atom stereocenters. The van der Waals surface area contributed by atoms with Crippen molar-refractivity contribution in [3.63, 3.8) is 0 Å². The van der Waals surface area contributed by atoms with E-state index < -0.39 is 0 Å². The highest BCUT2D eigenvalue weighted by molar-refractivity contribution is 14.1. The fraction of sp³-hybridized carbons (Fsp3) is 0.500. The van der Waals surface area contributed by atoms with Gasteiger partial charge in [0.15, 0.2) is 5.71 Å². The lowest BCUT2D eigenvalue weighted by Crippen LogP contribution is -2.27. The molecule has 1 nitrogen and oxygen atoms in total. The zero-order valence-electron chi connectivity index (χ0n) is 10.5. The van der Waals surface area contributed by atoms with Crippen LogP contribution in [0.1, 0.15) is 39.7 Å². The molecule has 86 valence electrons. The minimum absolute atomic E-state index is 0.183. The lowest BCUT2D eigenvalue weighted by atomic mass is 9.82. The molecule has 1 aliphatic rings. The van der Waals surface area contributed by atoms with Gasteiger partial charge in [-0.25, -0.2) is 0 Å². The molecule has 0 spiro atoms. The average Bonchev–Trinajstić information content (AvgIpc) is 2.41. The van der Waals surface area contributed by atoms with Crippen molar-refractivity contribution < 1.29 is 4.58 Å². The molecule has 0 saturated carbocycles. The summed E-state index contributed by atoms with van der Waals surface area (Å²) >= 11 is 2.46. The van der Waals surface area contributed by atoms with Gasteiger partial charge in [0.05, 0.1) is 11.0 Å². The number of nitrogens with zero attached hydrogens (tertiary/aromatic N) is 1. The van der Waals surface area contributed by atoms with E-state index in [0.29, 0.717) is 0 Å². The number of fused-ring (bicyclic) bond motifs is 1. The first-order chi connectivity index (χ1) is 7.50. The zero-order valence-corrected chi connectivity index (χ0v) is 12.6. The van der Waals surface area contributed by atoms with E-state index in [9.17, 15) is 0 Å². The van der Waals surface area contributed by atoms with Crippen molar-refractivity contribution >= 4 is 34.0 Å². The lowest BCUT2D eigenvalue weighted by molar-refractivity contribution is -0.439. The fourth-order valence-electron chi connectivity index (χ4n) is 2.57. The van der Waals surface area contributed by atoms with Crippen molar-refractivity contribution in [2.45, 2.75) is 39.5 Å². The number of hydrogen-bond acceptors (Lipinski definition) is 0. The van der Waals surface area contributed by atoms with Gasteiger partial charge >= 0.3 is 0 Å². The minimum atomic E-state index is 0.183. The summed E-state index contributed by atoms with van der Waals surface area (Å²) in [6, 6.07) is 6.63. The van der Waals surface area contributed by atoms with Gasteiger partial charge in [-0.3, -0.25) is 0 Å². The molecule has 0 atom stereocenters. The van der Waals surface area contributed by atoms with Crippen molar-refractivity contribution in [3.05, 3.63) is 27.3 Å². The van der Waals surface area contributed by atoms with Gasteiger partial charge in [0.25, 0.3) is 0 Å². The first kappa shape index (κ1) is 12.1. The molecule has 0 fully saturated rings. The predicted molar refractivity (Wildman–Crippen MR) is 77.9 cm³/mol. The van der Waals surface area contributed by atoms with Crippen LogP contribution in [0.25, 0.3) is 0 Å². The summed E-state index contributed by atoms with van der Waals surface area (Å²) < 4.78 is 3.87. The topological polar surface area (TPSA) is 3.01 Å². The van der Waals surface area contributed by atoms with Gasteiger partial charge in [-0.15, -0.1) is 0 Å². The molecule has 0 N–H and O–H groups in total. The molecule has 0 saturated heterocycles. The summed E-state index contributed by atoms with van der Waals surface area (Å²) in [5.74, 6) is 0. The molecular weight excluding hydrogens is 309 g/mol. The molecule has 0 aliphatic carbocycles. The van der Waals surface area contributed by atoms with Crippen LogP contribution in [0.2, 0.25) is 0 Å². The molecular formula is C14H19IN+.